The van der Waals surface area contributed by atoms with Gasteiger partial charge in [0.25, 0.3) is 0 Å². The van der Waals surface area contributed by atoms with E-state index in [2.05, 4.69) is 6.58 Å². The van der Waals surface area contributed by atoms with E-state index in [9.17, 15) is 4.79 Å². The van der Waals surface area contributed by atoms with Gasteiger partial charge in [0.15, 0.2) is 5.78 Å². The average Bonchev–Trinajstić information content (AvgIpc) is 2.15. The van der Waals surface area contributed by atoms with E-state index in [4.69, 9.17) is 9.47 Å². The Labute approximate surface area is 91.8 Å². The summed E-state index contributed by atoms with van der Waals surface area (Å²) in [7, 11) is 1.59. The van der Waals surface area contributed by atoms with Crippen LogP contribution < -0.4 is 0 Å². The van der Waals surface area contributed by atoms with E-state index in [0.29, 0.717) is 13.4 Å². The normalized spacial score (nSPS) is 13.0. The van der Waals surface area contributed by atoms with Crippen molar-refractivity contribution in [3.63, 3.8) is 0 Å². The molecule has 0 fully saturated rings. The minimum Gasteiger partial charge on any atom is -0.359 e. The predicted octanol–water partition coefficient (Wildman–Crippen LogP) is 2.33. The lowest BCUT2D eigenvalue weighted by Gasteiger charge is -2.12. The van der Waals surface area contributed by atoms with Crippen molar-refractivity contribution in [2.75, 3.05) is 20.5 Å². The Kier molecular flexibility index (Phi) is 7.86. The molecule has 0 amide bonds. The fourth-order valence-electron chi connectivity index (χ4n) is 1.11. The largest absolute Gasteiger partial charge is 0.359 e. The molecule has 0 spiro atoms. The first-order valence-electron chi connectivity index (χ1n) is 4.98. The van der Waals surface area contributed by atoms with Crippen LogP contribution in [0.15, 0.2) is 24.3 Å². The molecule has 15 heavy (non-hydrogen) atoms. The summed E-state index contributed by atoms with van der Waals surface area (Å²) in [5.41, 5.74) is 1.04. The van der Waals surface area contributed by atoms with Crippen LogP contribution in [0.4, 0.5) is 0 Å². The maximum atomic E-state index is 10.8. The fraction of sp³-hybridized carbons (Fsp3) is 0.583. The molecule has 3 heteroatoms. The number of methoxy groups -OCH3 is 1. The van der Waals surface area contributed by atoms with Crippen molar-refractivity contribution >= 4 is 5.78 Å². The van der Waals surface area contributed by atoms with Crippen LogP contribution in [0.5, 0.6) is 0 Å². The number of hydrogen-bond acceptors (Lipinski definition) is 3. The zero-order valence-corrected chi connectivity index (χ0v) is 9.79. The van der Waals surface area contributed by atoms with Crippen molar-refractivity contribution in [2.45, 2.75) is 20.3 Å². The lowest BCUT2D eigenvalue weighted by Crippen LogP contribution is -2.06. The molecule has 1 unspecified atom stereocenters. The minimum atomic E-state index is 0.0547. The molecular formula is C12H20O3. The van der Waals surface area contributed by atoms with E-state index in [-0.39, 0.29) is 11.7 Å². The Morgan fingerprint density at radius 2 is 2.13 bits per heavy atom. The number of carbonyl (C=O) groups excluding carboxylic acids is 1. The summed E-state index contributed by atoms with van der Waals surface area (Å²) < 4.78 is 9.95. The highest BCUT2D eigenvalue weighted by Crippen LogP contribution is 2.14. The second-order valence-electron chi connectivity index (χ2n) is 3.53. The molecule has 0 aromatic rings. The molecule has 0 aromatic carbocycles. The fourth-order valence-corrected chi connectivity index (χ4v) is 1.11. The number of rotatable bonds is 8. The first-order valence-corrected chi connectivity index (χ1v) is 4.98. The summed E-state index contributed by atoms with van der Waals surface area (Å²) in [6, 6.07) is 0. The zero-order chi connectivity index (χ0) is 11.7. The van der Waals surface area contributed by atoms with Gasteiger partial charge >= 0.3 is 0 Å². The van der Waals surface area contributed by atoms with Gasteiger partial charge in [0, 0.05) is 7.11 Å². The van der Waals surface area contributed by atoms with Crippen LogP contribution in [-0.4, -0.2) is 26.3 Å². The Balaban J connectivity index is 3.95. The molecule has 0 bridgehead atoms. The third kappa shape index (κ3) is 8.09. The third-order valence-corrected chi connectivity index (χ3v) is 1.97. The monoisotopic (exact) mass is 212 g/mol. The van der Waals surface area contributed by atoms with Crippen molar-refractivity contribution in [2.24, 2.45) is 5.92 Å². The van der Waals surface area contributed by atoms with Gasteiger partial charge in [-0.05, 0) is 32.3 Å². The van der Waals surface area contributed by atoms with Crippen LogP contribution >= 0.6 is 0 Å². The maximum Gasteiger partial charge on any atom is 0.152 e. The molecule has 1 atom stereocenters. The maximum absolute atomic E-state index is 10.8. The van der Waals surface area contributed by atoms with Gasteiger partial charge in [0.05, 0.1) is 6.61 Å². The van der Waals surface area contributed by atoms with Gasteiger partial charge in [-0.2, -0.15) is 0 Å². The highest BCUT2D eigenvalue weighted by Gasteiger charge is 2.05. The molecule has 0 saturated heterocycles. The van der Waals surface area contributed by atoms with E-state index < -0.39 is 0 Å². The summed E-state index contributed by atoms with van der Waals surface area (Å²) in [4.78, 5) is 10.8. The molecule has 86 valence electrons. The number of allylic oxidation sites excluding steroid dienone is 3. The second kappa shape index (κ2) is 8.38. The van der Waals surface area contributed by atoms with Gasteiger partial charge in [-0.15, -0.1) is 0 Å². The third-order valence-electron chi connectivity index (χ3n) is 1.97. The number of hydrogen-bond donors (Lipinski definition) is 0. The Morgan fingerprint density at radius 1 is 1.47 bits per heavy atom. The second-order valence-corrected chi connectivity index (χ2v) is 3.53. The van der Waals surface area contributed by atoms with Gasteiger partial charge in [-0.3, -0.25) is 4.79 Å². The van der Waals surface area contributed by atoms with Crippen LogP contribution in [0.1, 0.15) is 20.3 Å². The van der Waals surface area contributed by atoms with Crippen molar-refractivity contribution in [1.29, 1.82) is 0 Å². The average molecular weight is 212 g/mol. The van der Waals surface area contributed by atoms with E-state index in [0.717, 1.165) is 12.0 Å². The van der Waals surface area contributed by atoms with Gasteiger partial charge < -0.3 is 9.47 Å². The Bertz CT molecular complexity index is 231. The van der Waals surface area contributed by atoms with Crippen LogP contribution in [0.2, 0.25) is 0 Å². The lowest BCUT2D eigenvalue weighted by molar-refractivity contribution is -0.112. The summed E-state index contributed by atoms with van der Waals surface area (Å²) >= 11 is 0. The summed E-state index contributed by atoms with van der Waals surface area (Å²) in [6.45, 7) is 8.28. The molecule has 0 rings (SSSR count). The first-order chi connectivity index (χ1) is 7.07. The zero-order valence-electron chi connectivity index (χ0n) is 9.79. The van der Waals surface area contributed by atoms with Crippen LogP contribution in [0.3, 0.4) is 0 Å². The highest BCUT2D eigenvalue weighted by molar-refractivity contribution is 5.87. The van der Waals surface area contributed by atoms with Gasteiger partial charge in [0.1, 0.15) is 6.79 Å². The van der Waals surface area contributed by atoms with E-state index in [1.165, 1.54) is 6.92 Å². The van der Waals surface area contributed by atoms with Crippen molar-refractivity contribution in [3.8, 4) is 0 Å². The van der Waals surface area contributed by atoms with Crippen molar-refractivity contribution in [3.05, 3.63) is 24.3 Å². The molecule has 3 nitrogen and oxygen atoms in total. The van der Waals surface area contributed by atoms with Crippen molar-refractivity contribution < 1.29 is 14.3 Å². The quantitative estimate of drug-likeness (QED) is 0.268. The first kappa shape index (κ1) is 14.1. The number of ketones is 1. The van der Waals surface area contributed by atoms with Crippen LogP contribution in [0.25, 0.3) is 0 Å². The molecule has 0 saturated carbocycles. The van der Waals surface area contributed by atoms with Crippen LogP contribution in [0, 0.1) is 5.92 Å². The van der Waals surface area contributed by atoms with Crippen LogP contribution in [-0.2, 0) is 14.3 Å². The molecule has 0 N–H and O–H groups in total. The lowest BCUT2D eigenvalue weighted by atomic mass is 9.98. The number of ether oxygens (including phenoxy) is 2. The van der Waals surface area contributed by atoms with Gasteiger partial charge in [-0.1, -0.05) is 18.2 Å². The summed E-state index contributed by atoms with van der Waals surface area (Å²) in [6.07, 6.45) is 4.28. The molecule has 0 aliphatic heterocycles. The van der Waals surface area contributed by atoms with E-state index in [1.807, 2.05) is 13.0 Å². The van der Waals surface area contributed by atoms with Gasteiger partial charge in [-0.25, -0.2) is 0 Å². The smallest absolute Gasteiger partial charge is 0.152 e. The minimum absolute atomic E-state index is 0.0547. The highest BCUT2D eigenvalue weighted by atomic mass is 16.7. The molecule has 0 radical (unpaired) electrons. The standard InChI is InChI=1S/C12H20O3/c1-10(2)12(6-5-11(3)13)7-8-15-9-14-4/h5-6,12H,1,7-9H2,2-4H3/b6-5+. The number of carbonyl (C=O) groups is 1. The Morgan fingerprint density at radius 3 is 2.60 bits per heavy atom. The molecule has 0 heterocycles. The van der Waals surface area contributed by atoms with E-state index >= 15 is 0 Å². The molecule has 0 aliphatic rings. The predicted molar refractivity (Wildman–Crippen MR) is 60.6 cm³/mol. The van der Waals surface area contributed by atoms with Gasteiger partial charge in [0.2, 0.25) is 0 Å². The molecular weight excluding hydrogens is 192 g/mol. The molecule has 0 aromatic heterocycles. The summed E-state index contributed by atoms with van der Waals surface area (Å²) in [5.74, 6) is 0.254. The summed E-state index contributed by atoms with van der Waals surface area (Å²) in [5, 5.41) is 0. The van der Waals surface area contributed by atoms with Crippen molar-refractivity contribution in [1.82, 2.24) is 0 Å². The molecule has 0 aliphatic carbocycles. The van der Waals surface area contributed by atoms with E-state index in [1.54, 1.807) is 13.2 Å². The Hall–Kier alpha value is -0.930. The topological polar surface area (TPSA) is 35.5 Å². The SMILES string of the molecule is C=C(C)C(/C=C/C(C)=O)CCOCOC.